The summed E-state index contributed by atoms with van der Waals surface area (Å²) in [6, 6.07) is 7.43. The monoisotopic (exact) mass is 288 g/mol. The van der Waals surface area contributed by atoms with E-state index in [0.29, 0.717) is 31.0 Å². The fraction of sp³-hybridized carbons (Fsp3) is 0.333. The molecular weight excluding hydrogens is 268 g/mol. The molecule has 21 heavy (non-hydrogen) atoms. The summed E-state index contributed by atoms with van der Waals surface area (Å²) in [4.78, 5) is 18.5. The summed E-state index contributed by atoms with van der Waals surface area (Å²) in [5.74, 6) is 0.493. The van der Waals surface area contributed by atoms with Gasteiger partial charge < -0.3 is 19.9 Å². The molecule has 0 radical (unpaired) electrons. The Bertz CT molecular complexity index is 609. The average molecular weight is 288 g/mol. The summed E-state index contributed by atoms with van der Waals surface area (Å²) in [5, 5.41) is 0. The molecule has 0 fully saturated rings. The van der Waals surface area contributed by atoms with E-state index in [0.717, 1.165) is 5.69 Å². The first-order valence-electron chi connectivity index (χ1n) is 6.80. The van der Waals surface area contributed by atoms with Crippen molar-refractivity contribution in [1.29, 1.82) is 0 Å². The molecule has 2 rings (SSSR count). The number of carbonyl (C=O) groups excluding carboxylic acids is 1. The summed E-state index contributed by atoms with van der Waals surface area (Å²) in [6.07, 6.45) is 4.01. The van der Waals surface area contributed by atoms with Crippen molar-refractivity contribution in [2.45, 2.75) is 6.42 Å². The lowest BCUT2D eigenvalue weighted by molar-refractivity contribution is 0.0981. The number of anilines is 1. The van der Waals surface area contributed by atoms with Crippen LogP contribution in [0.5, 0.6) is 5.75 Å². The van der Waals surface area contributed by atoms with Crippen LogP contribution >= 0.6 is 0 Å². The Morgan fingerprint density at radius 2 is 2.19 bits per heavy atom. The fourth-order valence-electron chi connectivity index (χ4n) is 2.10. The molecule has 1 aromatic heterocycles. The second kappa shape index (κ2) is 6.90. The molecular formula is C15H20N4O2. The van der Waals surface area contributed by atoms with Gasteiger partial charge in [0.05, 0.1) is 19.1 Å². The van der Waals surface area contributed by atoms with E-state index in [1.165, 1.54) is 0 Å². The molecule has 0 aliphatic carbocycles. The SMILES string of the molecule is COc1ccccc1N(CCCN)C(=O)c1cn(C)cn1. The van der Waals surface area contributed by atoms with Crippen LogP contribution in [0.4, 0.5) is 5.69 Å². The molecule has 2 N–H and O–H groups in total. The van der Waals surface area contributed by atoms with Crippen molar-refractivity contribution in [2.75, 3.05) is 25.1 Å². The van der Waals surface area contributed by atoms with Gasteiger partial charge in [-0.15, -0.1) is 0 Å². The molecule has 1 amide bonds. The highest BCUT2D eigenvalue weighted by Gasteiger charge is 2.21. The number of hydrogen-bond donors (Lipinski definition) is 1. The number of nitrogens with two attached hydrogens (primary N) is 1. The van der Waals surface area contributed by atoms with Crippen molar-refractivity contribution >= 4 is 11.6 Å². The number of imidazole rings is 1. The lowest BCUT2D eigenvalue weighted by atomic mass is 10.2. The molecule has 0 aliphatic rings. The first-order chi connectivity index (χ1) is 10.2. The van der Waals surface area contributed by atoms with Crippen LogP contribution in [0.25, 0.3) is 0 Å². The van der Waals surface area contributed by atoms with Crippen LogP contribution in [-0.2, 0) is 7.05 Å². The molecule has 0 saturated heterocycles. The van der Waals surface area contributed by atoms with Crippen molar-refractivity contribution in [3.05, 3.63) is 42.5 Å². The zero-order valence-electron chi connectivity index (χ0n) is 12.3. The third-order valence-corrected chi connectivity index (χ3v) is 3.13. The minimum Gasteiger partial charge on any atom is -0.495 e. The molecule has 0 bridgehead atoms. The standard InChI is InChI=1S/C15H20N4O2/c1-18-10-12(17-11-18)15(20)19(9-5-8-16)13-6-3-4-7-14(13)21-2/h3-4,6-7,10-11H,5,8-9,16H2,1-2H3. The van der Waals surface area contributed by atoms with E-state index < -0.39 is 0 Å². The average Bonchev–Trinajstić information content (AvgIpc) is 2.94. The molecule has 0 unspecified atom stereocenters. The van der Waals surface area contributed by atoms with Gasteiger partial charge in [-0.25, -0.2) is 4.98 Å². The van der Waals surface area contributed by atoms with Gasteiger partial charge in [-0.3, -0.25) is 4.79 Å². The fourth-order valence-corrected chi connectivity index (χ4v) is 2.10. The quantitative estimate of drug-likeness (QED) is 0.872. The van der Waals surface area contributed by atoms with Gasteiger partial charge in [-0.05, 0) is 25.1 Å². The Labute approximate surface area is 124 Å². The van der Waals surface area contributed by atoms with Crippen LogP contribution in [0.3, 0.4) is 0 Å². The van der Waals surface area contributed by atoms with E-state index in [1.807, 2.05) is 31.3 Å². The third-order valence-electron chi connectivity index (χ3n) is 3.13. The summed E-state index contributed by atoms with van der Waals surface area (Å²) in [6.45, 7) is 1.04. The molecule has 2 aromatic rings. The summed E-state index contributed by atoms with van der Waals surface area (Å²) < 4.78 is 7.09. The van der Waals surface area contributed by atoms with Gasteiger partial charge in [0.1, 0.15) is 11.4 Å². The highest BCUT2D eigenvalue weighted by molar-refractivity contribution is 6.05. The first-order valence-corrected chi connectivity index (χ1v) is 6.80. The molecule has 1 aromatic carbocycles. The van der Waals surface area contributed by atoms with E-state index in [-0.39, 0.29) is 5.91 Å². The topological polar surface area (TPSA) is 73.4 Å². The lowest BCUT2D eigenvalue weighted by Crippen LogP contribution is -2.33. The molecule has 6 nitrogen and oxygen atoms in total. The van der Waals surface area contributed by atoms with Crippen molar-refractivity contribution in [1.82, 2.24) is 9.55 Å². The molecule has 0 saturated carbocycles. The van der Waals surface area contributed by atoms with Gasteiger partial charge in [0.15, 0.2) is 0 Å². The van der Waals surface area contributed by atoms with Gasteiger partial charge in [-0.2, -0.15) is 0 Å². The number of para-hydroxylation sites is 2. The molecule has 0 atom stereocenters. The highest BCUT2D eigenvalue weighted by Crippen LogP contribution is 2.28. The van der Waals surface area contributed by atoms with E-state index >= 15 is 0 Å². The zero-order valence-corrected chi connectivity index (χ0v) is 12.3. The molecule has 6 heteroatoms. The van der Waals surface area contributed by atoms with Gasteiger partial charge in [0.2, 0.25) is 0 Å². The zero-order chi connectivity index (χ0) is 15.2. The maximum absolute atomic E-state index is 12.7. The first kappa shape index (κ1) is 15.1. The summed E-state index contributed by atoms with van der Waals surface area (Å²) in [5.41, 5.74) is 6.71. The second-order valence-electron chi connectivity index (χ2n) is 4.70. The Morgan fingerprint density at radius 1 is 1.43 bits per heavy atom. The number of nitrogens with zero attached hydrogens (tertiary/aromatic N) is 3. The van der Waals surface area contributed by atoms with Crippen LogP contribution in [0.15, 0.2) is 36.8 Å². The van der Waals surface area contributed by atoms with Gasteiger partial charge in [0, 0.05) is 19.8 Å². The predicted molar refractivity (Wildman–Crippen MR) is 81.5 cm³/mol. The number of ether oxygens (including phenoxy) is 1. The minimum atomic E-state index is -0.159. The number of rotatable bonds is 6. The minimum absolute atomic E-state index is 0.159. The Hall–Kier alpha value is -2.34. The van der Waals surface area contributed by atoms with Crippen LogP contribution in [0, 0.1) is 0 Å². The second-order valence-corrected chi connectivity index (χ2v) is 4.70. The molecule has 112 valence electrons. The van der Waals surface area contributed by atoms with Crippen molar-refractivity contribution < 1.29 is 9.53 Å². The molecule has 0 spiro atoms. The molecule has 1 heterocycles. The number of methoxy groups -OCH3 is 1. The van der Waals surface area contributed by atoms with E-state index in [2.05, 4.69) is 4.98 Å². The van der Waals surface area contributed by atoms with E-state index in [4.69, 9.17) is 10.5 Å². The number of hydrogen-bond acceptors (Lipinski definition) is 4. The number of aromatic nitrogens is 2. The van der Waals surface area contributed by atoms with Crippen LogP contribution < -0.4 is 15.4 Å². The van der Waals surface area contributed by atoms with Gasteiger partial charge in [0.25, 0.3) is 5.91 Å². The number of amides is 1. The van der Waals surface area contributed by atoms with Crippen LogP contribution in [-0.4, -0.2) is 35.7 Å². The Morgan fingerprint density at radius 3 is 2.81 bits per heavy atom. The van der Waals surface area contributed by atoms with Crippen molar-refractivity contribution in [3.63, 3.8) is 0 Å². The Kier molecular flexibility index (Phi) is 4.94. The van der Waals surface area contributed by atoms with E-state index in [9.17, 15) is 4.79 Å². The largest absolute Gasteiger partial charge is 0.495 e. The van der Waals surface area contributed by atoms with Crippen LogP contribution in [0.1, 0.15) is 16.9 Å². The maximum atomic E-state index is 12.7. The number of aryl methyl sites for hydroxylation is 1. The van der Waals surface area contributed by atoms with Crippen molar-refractivity contribution in [2.24, 2.45) is 12.8 Å². The summed E-state index contributed by atoms with van der Waals surface area (Å²) >= 11 is 0. The van der Waals surface area contributed by atoms with Gasteiger partial charge in [-0.1, -0.05) is 12.1 Å². The third kappa shape index (κ3) is 3.41. The summed E-state index contributed by atoms with van der Waals surface area (Å²) in [7, 11) is 3.42. The normalized spacial score (nSPS) is 10.4. The van der Waals surface area contributed by atoms with E-state index in [1.54, 1.807) is 29.1 Å². The smallest absolute Gasteiger partial charge is 0.278 e. The number of benzene rings is 1. The maximum Gasteiger partial charge on any atom is 0.278 e. The predicted octanol–water partition coefficient (Wildman–Crippen LogP) is 1.42. The number of carbonyl (C=O) groups is 1. The molecule has 0 aliphatic heterocycles. The Balaban J connectivity index is 2.35. The van der Waals surface area contributed by atoms with Crippen molar-refractivity contribution in [3.8, 4) is 5.75 Å². The lowest BCUT2D eigenvalue weighted by Gasteiger charge is -2.23. The van der Waals surface area contributed by atoms with Crippen LogP contribution in [0.2, 0.25) is 0 Å². The van der Waals surface area contributed by atoms with Gasteiger partial charge >= 0.3 is 0 Å². The highest BCUT2D eigenvalue weighted by atomic mass is 16.5.